The minimum absolute atomic E-state index is 0.141. The third-order valence-electron chi connectivity index (χ3n) is 3.08. The molecule has 0 atom stereocenters. The Hall–Kier alpha value is -2.93. The lowest BCUT2D eigenvalue weighted by Crippen LogP contribution is -2.21. The molecule has 0 heterocycles. The number of nitrogens with one attached hydrogen (secondary N) is 1. The number of anilines is 1. The molecule has 6 nitrogen and oxygen atoms in total. The number of carbonyl (C=O) groups excluding carboxylic acids is 3. The van der Waals surface area contributed by atoms with Crippen LogP contribution in [0, 0.1) is 5.82 Å². The predicted molar refractivity (Wildman–Crippen MR) is 88.1 cm³/mol. The highest BCUT2D eigenvalue weighted by Gasteiger charge is 2.15. The lowest BCUT2D eigenvalue weighted by molar-refractivity contribution is -0.119. The number of amides is 1. The Morgan fingerprint density at radius 1 is 1.08 bits per heavy atom. The van der Waals surface area contributed by atoms with Gasteiger partial charge in [-0.1, -0.05) is 11.6 Å². The molecule has 130 valence electrons. The van der Waals surface area contributed by atoms with Crippen molar-refractivity contribution in [2.45, 2.75) is 0 Å². The van der Waals surface area contributed by atoms with Crippen LogP contribution in [-0.4, -0.2) is 31.6 Å². The van der Waals surface area contributed by atoms with Crippen molar-refractivity contribution in [3.63, 3.8) is 0 Å². The highest BCUT2D eigenvalue weighted by atomic mass is 35.5. The SMILES string of the molecule is COC(=O)c1ccc(NC(=O)COC(=O)c2ccc(Cl)cc2F)cc1. The summed E-state index contributed by atoms with van der Waals surface area (Å²) in [7, 11) is 1.26. The van der Waals surface area contributed by atoms with Crippen LogP contribution in [0.2, 0.25) is 5.02 Å². The van der Waals surface area contributed by atoms with Gasteiger partial charge in [0.05, 0.1) is 18.2 Å². The summed E-state index contributed by atoms with van der Waals surface area (Å²) >= 11 is 5.59. The van der Waals surface area contributed by atoms with Crippen molar-refractivity contribution in [2.24, 2.45) is 0 Å². The van der Waals surface area contributed by atoms with Crippen LogP contribution in [0.4, 0.5) is 10.1 Å². The standard InChI is InChI=1S/C17H13ClFNO5/c1-24-16(22)10-2-5-12(6-3-10)20-15(21)9-25-17(23)13-7-4-11(18)8-14(13)19/h2-8H,9H2,1H3,(H,20,21). The van der Waals surface area contributed by atoms with Gasteiger partial charge in [0.25, 0.3) is 5.91 Å². The maximum absolute atomic E-state index is 13.6. The smallest absolute Gasteiger partial charge is 0.341 e. The van der Waals surface area contributed by atoms with Gasteiger partial charge in [0.1, 0.15) is 5.82 Å². The molecule has 0 aliphatic carbocycles. The van der Waals surface area contributed by atoms with Crippen molar-refractivity contribution < 1.29 is 28.2 Å². The average molecular weight is 366 g/mol. The fourth-order valence-corrected chi connectivity index (χ4v) is 2.03. The van der Waals surface area contributed by atoms with Crippen LogP contribution in [0.25, 0.3) is 0 Å². The van der Waals surface area contributed by atoms with Crippen LogP contribution >= 0.6 is 11.6 Å². The summed E-state index contributed by atoms with van der Waals surface area (Å²) in [4.78, 5) is 34.8. The molecule has 0 unspecified atom stereocenters. The van der Waals surface area contributed by atoms with Crippen molar-refractivity contribution in [2.75, 3.05) is 19.0 Å². The summed E-state index contributed by atoms with van der Waals surface area (Å²) in [6.07, 6.45) is 0. The van der Waals surface area contributed by atoms with Crippen molar-refractivity contribution in [3.8, 4) is 0 Å². The molecule has 2 aromatic rings. The van der Waals surface area contributed by atoms with E-state index in [9.17, 15) is 18.8 Å². The van der Waals surface area contributed by atoms with Gasteiger partial charge < -0.3 is 14.8 Å². The lowest BCUT2D eigenvalue weighted by Gasteiger charge is -2.08. The number of benzene rings is 2. The number of ether oxygens (including phenoxy) is 2. The van der Waals surface area contributed by atoms with E-state index in [1.165, 1.54) is 43.5 Å². The van der Waals surface area contributed by atoms with E-state index in [-0.39, 0.29) is 10.6 Å². The molecule has 2 rings (SSSR count). The molecule has 25 heavy (non-hydrogen) atoms. The molecule has 0 bridgehead atoms. The Bertz CT molecular complexity index is 807. The summed E-state index contributed by atoms with van der Waals surface area (Å²) in [5.74, 6) is -2.94. The predicted octanol–water partition coefficient (Wildman–Crippen LogP) is 3.06. The van der Waals surface area contributed by atoms with Crippen LogP contribution in [0.3, 0.4) is 0 Å². The van der Waals surface area contributed by atoms with Crippen molar-refractivity contribution in [3.05, 3.63) is 64.4 Å². The highest BCUT2D eigenvalue weighted by molar-refractivity contribution is 6.30. The zero-order chi connectivity index (χ0) is 18.4. The fourth-order valence-electron chi connectivity index (χ4n) is 1.87. The monoisotopic (exact) mass is 365 g/mol. The molecule has 0 saturated heterocycles. The van der Waals surface area contributed by atoms with E-state index in [1.54, 1.807) is 0 Å². The number of halogens is 2. The second-order valence-electron chi connectivity index (χ2n) is 4.82. The molecule has 0 saturated carbocycles. The number of hydrogen-bond acceptors (Lipinski definition) is 5. The summed E-state index contributed by atoms with van der Waals surface area (Å²) < 4.78 is 22.9. The molecule has 0 radical (unpaired) electrons. The highest BCUT2D eigenvalue weighted by Crippen LogP contribution is 2.15. The van der Waals surface area contributed by atoms with E-state index in [2.05, 4.69) is 10.1 Å². The zero-order valence-electron chi connectivity index (χ0n) is 13.0. The molecular weight excluding hydrogens is 353 g/mol. The summed E-state index contributed by atoms with van der Waals surface area (Å²) in [6.45, 7) is -0.598. The third kappa shape index (κ3) is 5.02. The van der Waals surface area contributed by atoms with Gasteiger partial charge in [-0.2, -0.15) is 0 Å². The van der Waals surface area contributed by atoms with E-state index in [1.807, 2.05) is 0 Å². The second-order valence-corrected chi connectivity index (χ2v) is 5.25. The second kappa shape index (κ2) is 8.25. The van der Waals surface area contributed by atoms with Gasteiger partial charge in [-0.25, -0.2) is 14.0 Å². The molecule has 1 N–H and O–H groups in total. The van der Waals surface area contributed by atoms with Crippen LogP contribution < -0.4 is 5.32 Å². The van der Waals surface area contributed by atoms with Crippen LogP contribution in [0.15, 0.2) is 42.5 Å². The van der Waals surface area contributed by atoms with E-state index >= 15 is 0 Å². The maximum Gasteiger partial charge on any atom is 0.341 e. The summed E-state index contributed by atoms with van der Waals surface area (Å²) in [6, 6.07) is 9.40. The topological polar surface area (TPSA) is 81.7 Å². The molecule has 0 aliphatic rings. The Labute approximate surface area is 147 Å². The molecule has 0 aliphatic heterocycles. The van der Waals surface area contributed by atoms with E-state index in [4.69, 9.17) is 16.3 Å². The fraction of sp³-hybridized carbons (Fsp3) is 0.118. The Kier molecular flexibility index (Phi) is 6.08. The number of esters is 2. The van der Waals surface area contributed by atoms with Crippen molar-refractivity contribution in [1.82, 2.24) is 0 Å². The van der Waals surface area contributed by atoms with Gasteiger partial charge >= 0.3 is 11.9 Å². The van der Waals surface area contributed by atoms with Crippen LogP contribution in [0.5, 0.6) is 0 Å². The number of rotatable bonds is 5. The minimum Gasteiger partial charge on any atom is -0.465 e. The molecule has 8 heteroatoms. The molecule has 2 aromatic carbocycles. The van der Waals surface area contributed by atoms with Gasteiger partial charge in [-0.3, -0.25) is 4.79 Å². The van der Waals surface area contributed by atoms with Gasteiger partial charge in [-0.05, 0) is 42.5 Å². The van der Waals surface area contributed by atoms with Gasteiger partial charge in [-0.15, -0.1) is 0 Å². The Morgan fingerprint density at radius 3 is 2.36 bits per heavy atom. The minimum atomic E-state index is -0.981. The molecule has 0 fully saturated rings. The first-order valence-corrected chi connectivity index (χ1v) is 7.39. The lowest BCUT2D eigenvalue weighted by atomic mass is 10.2. The third-order valence-corrected chi connectivity index (χ3v) is 3.31. The molecular formula is C17H13ClFNO5. The molecule has 0 spiro atoms. The summed E-state index contributed by atoms with van der Waals surface area (Å²) in [5.41, 5.74) is 0.399. The van der Waals surface area contributed by atoms with Gasteiger partial charge in [0, 0.05) is 10.7 Å². The number of hydrogen-bond donors (Lipinski definition) is 1. The van der Waals surface area contributed by atoms with Gasteiger partial charge in [0.15, 0.2) is 6.61 Å². The first kappa shape index (κ1) is 18.4. The quantitative estimate of drug-likeness (QED) is 0.823. The maximum atomic E-state index is 13.6. The van der Waals surface area contributed by atoms with Crippen molar-refractivity contribution >= 4 is 35.1 Å². The summed E-state index contributed by atoms with van der Waals surface area (Å²) in [5, 5.41) is 2.61. The molecule has 1 amide bonds. The Balaban J connectivity index is 1.90. The number of methoxy groups -OCH3 is 1. The van der Waals surface area contributed by atoms with E-state index < -0.39 is 30.3 Å². The van der Waals surface area contributed by atoms with E-state index in [0.717, 1.165) is 6.07 Å². The number of carbonyl (C=O) groups is 3. The van der Waals surface area contributed by atoms with Crippen molar-refractivity contribution in [1.29, 1.82) is 0 Å². The normalized spacial score (nSPS) is 10.0. The van der Waals surface area contributed by atoms with E-state index in [0.29, 0.717) is 11.3 Å². The van der Waals surface area contributed by atoms with Gasteiger partial charge in [0.2, 0.25) is 0 Å². The Morgan fingerprint density at radius 2 is 1.76 bits per heavy atom. The van der Waals surface area contributed by atoms with Crippen LogP contribution in [-0.2, 0) is 14.3 Å². The largest absolute Gasteiger partial charge is 0.465 e. The average Bonchev–Trinajstić information content (AvgIpc) is 2.59. The first-order chi connectivity index (χ1) is 11.9. The first-order valence-electron chi connectivity index (χ1n) is 7.01. The van der Waals surface area contributed by atoms with Crippen LogP contribution in [0.1, 0.15) is 20.7 Å². The molecule has 0 aromatic heterocycles. The zero-order valence-corrected chi connectivity index (χ0v) is 13.8.